The molecule has 1 unspecified atom stereocenters. The summed E-state index contributed by atoms with van der Waals surface area (Å²) in [5.41, 5.74) is 1.38. The third-order valence-electron chi connectivity index (χ3n) is 3.96. The maximum Gasteiger partial charge on any atom is 0.222 e. The van der Waals surface area contributed by atoms with Crippen LogP contribution in [0.2, 0.25) is 0 Å². The molecule has 0 bridgehead atoms. The summed E-state index contributed by atoms with van der Waals surface area (Å²) in [7, 11) is 1.62. The van der Waals surface area contributed by atoms with Crippen LogP contribution >= 0.6 is 0 Å². The third kappa shape index (κ3) is 5.86. The highest BCUT2D eigenvalue weighted by Gasteiger charge is 2.20. The summed E-state index contributed by atoms with van der Waals surface area (Å²) >= 11 is 0. The molecule has 1 N–H and O–H groups in total. The predicted molar refractivity (Wildman–Crippen MR) is 84.2 cm³/mol. The molecule has 0 radical (unpaired) electrons. The molecule has 1 aliphatic rings. The fraction of sp³-hybridized carbons (Fsp3) is 0.588. The van der Waals surface area contributed by atoms with Gasteiger partial charge in [0, 0.05) is 32.7 Å². The van der Waals surface area contributed by atoms with Crippen molar-refractivity contribution < 1.29 is 9.53 Å². The minimum Gasteiger partial charge on any atom is -0.384 e. The molecule has 0 saturated carbocycles. The molecule has 21 heavy (non-hydrogen) atoms. The number of methoxy groups -OCH3 is 1. The van der Waals surface area contributed by atoms with Gasteiger partial charge in [0.15, 0.2) is 0 Å². The Labute approximate surface area is 127 Å². The van der Waals surface area contributed by atoms with Crippen molar-refractivity contribution >= 4 is 5.91 Å². The van der Waals surface area contributed by atoms with E-state index in [2.05, 4.69) is 40.5 Å². The van der Waals surface area contributed by atoms with Crippen LogP contribution in [-0.2, 0) is 16.0 Å². The van der Waals surface area contributed by atoms with Gasteiger partial charge in [0.05, 0.1) is 6.61 Å². The maximum absolute atomic E-state index is 11.7. The van der Waals surface area contributed by atoms with Crippen molar-refractivity contribution in [2.75, 3.05) is 33.4 Å². The molecular formula is C17H26N2O2. The predicted octanol–water partition coefficient (Wildman–Crippen LogP) is 1.85. The first-order valence-corrected chi connectivity index (χ1v) is 7.82. The topological polar surface area (TPSA) is 41.6 Å². The van der Waals surface area contributed by atoms with Crippen LogP contribution in [0.3, 0.4) is 0 Å². The van der Waals surface area contributed by atoms with E-state index in [1.54, 1.807) is 7.11 Å². The number of carbonyl (C=O) groups is 1. The van der Waals surface area contributed by atoms with Gasteiger partial charge in [-0.1, -0.05) is 30.3 Å². The number of nitrogens with one attached hydrogen (secondary N) is 1. The van der Waals surface area contributed by atoms with Gasteiger partial charge in [0.25, 0.3) is 0 Å². The molecule has 1 saturated heterocycles. The standard InChI is InChI=1S/C17H26N2O2/c1-21-13-10-17(20)18-16-8-5-11-19(14-16)12-9-15-6-3-2-4-7-15/h2-4,6-7,16H,5,8-14H2,1H3,(H,18,20). The first kappa shape index (κ1) is 16.0. The van der Waals surface area contributed by atoms with Crippen LogP contribution in [0, 0.1) is 0 Å². The monoisotopic (exact) mass is 290 g/mol. The Morgan fingerprint density at radius 2 is 2.19 bits per heavy atom. The number of hydrogen-bond acceptors (Lipinski definition) is 3. The summed E-state index contributed by atoms with van der Waals surface area (Å²) in [6.07, 6.45) is 3.77. The van der Waals surface area contributed by atoms with Gasteiger partial charge < -0.3 is 15.0 Å². The van der Waals surface area contributed by atoms with Gasteiger partial charge in [-0.25, -0.2) is 0 Å². The number of carbonyl (C=O) groups excluding carboxylic acids is 1. The minimum atomic E-state index is 0.103. The van der Waals surface area contributed by atoms with E-state index in [0.717, 1.165) is 38.9 Å². The Balaban J connectivity index is 1.71. The van der Waals surface area contributed by atoms with E-state index in [-0.39, 0.29) is 5.91 Å². The minimum absolute atomic E-state index is 0.103. The van der Waals surface area contributed by atoms with Gasteiger partial charge >= 0.3 is 0 Å². The first-order valence-electron chi connectivity index (χ1n) is 7.82. The molecule has 1 amide bonds. The molecule has 1 aromatic carbocycles. The molecular weight excluding hydrogens is 264 g/mol. The molecule has 0 spiro atoms. The lowest BCUT2D eigenvalue weighted by Crippen LogP contribution is -2.48. The molecule has 1 aromatic rings. The van der Waals surface area contributed by atoms with E-state index in [1.165, 1.54) is 5.56 Å². The van der Waals surface area contributed by atoms with Crippen LogP contribution in [0.4, 0.5) is 0 Å². The van der Waals surface area contributed by atoms with Gasteiger partial charge in [-0.3, -0.25) is 4.79 Å². The van der Waals surface area contributed by atoms with Crippen LogP contribution in [0.25, 0.3) is 0 Å². The number of likely N-dealkylation sites (tertiary alicyclic amines) is 1. The Morgan fingerprint density at radius 1 is 1.38 bits per heavy atom. The summed E-state index contributed by atoms with van der Waals surface area (Å²) in [6, 6.07) is 10.9. The zero-order chi connectivity index (χ0) is 14.9. The van der Waals surface area contributed by atoms with Crippen molar-refractivity contribution in [3.8, 4) is 0 Å². The lowest BCUT2D eigenvalue weighted by molar-refractivity contribution is -0.123. The van der Waals surface area contributed by atoms with Gasteiger partial charge in [0.1, 0.15) is 0 Å². The van der Waals surface area contributed by atoms with Gasteiger partial charge in [0.2, 0.25) is 5.91 Å². The first-order chi connectivity index (χ1) is 10.3. The number of benzene rings is 1. The van der Waals surface area contributed by atoms with Crippen molar-refractivity contribution in [2.45, 2.75) is 31.7 Å². The van der Waals surface area contributed by atoms with Gasteiger partial charge in [-0.2, -0.15) is 0 Å². The van der Waals surface area contributed by atoms with E-state index in [1.807, 2.05) is 0 Å². The van der Waals surface area contributed by atoms with E-state index < -0.39 is 0 Å². The lowest BCUT2D eigenvalue weighted by atomic mass is 10.0. The van der Waals surface area contributed by atoms with Crippen molar-refractivity contribution in [3.63, 3.8) is 0 Å². The molecule has 1 aliphatic heterocycles. The molecule has 1 heterocycles. The van der Waals surface area contributed by atoms with Crippen molar-refractivity contribution in [1.29, 1.82) is 0 Å². The summed E-state index contributed by atoms with van der Waals surface area (Å²) in [5, 5.41) is 3.12. The van der Waals surface area contributed by atoms with Crippen molar-refractivity contribution in [1.82, 2.24) is 10.2 Å². The Hall–Kier alpha value is -1.39. The van der Waals surface area contributed by atoms with E-state index in [4.69, 9.17) is 4.74 Å². The second kappa shape index (κ2) is 8.80. The van der Waals surface area contributed by atoms with E-state index in [9.17, 15) is 4.79 Å². The average Bonchev–Trinajstić information content (AvgIpc) is 2.52. The van der Waals surface area contributed by atoms with Crippen molar-refractivity contribution in [2.24, 2.45) is 0 Å². The molecule has 116 valence electrons. The Bertz CT molecular complexity index is 422. The summed E-state index contributed by atoms with van der Waals surface area (Å²) in [6.45, 7) is 3.66. The van der Waals surface area contributed by atoms with Gasteiger partial charge in [-0.15, -0.1) is 0 Å². The van der Waals surface area contributed by atoms with Crippen LogP contribution in [0.15, 0.2) is 30.3 Å². The zero-order valence-corrected chi connectivity index (χ0v) is 12.9. The van der Waals surface area contributed by atoms with Crippen LogP contribution in [-0.4, -0.2) is 50.2 Å². The highest BCUT2D eigenvalue weighted by Crippen LogP contribution is 2.11. The van der Waals surface area contributed by atoms with Crippen LogP contribution < -0.4 is 5.32 Å². The summed E-state index contributed by atoms with van der Waals surface area (Å²) in [4.78, 5) is 14.2. The number of ether oxygens (including phenoxy) is 1. The largest absolute Gasteiger partial charge is 0.384 e. The number of nitrogens with zero attached hydrogens (tertiary/aromatic N) is 1. The molecule has 2 rings (SSSR count). The molecule has 1 atom stereocenters. The number of rotatable bonds is 7. The number of piperidine rings is 1. The maximum atomic E-state index is 11.7. The van der Waals surface area contributed by atoms with Crippen molar-refractivity contribution in [3.05, 3.63) is 35.9 Å². The zero-order valence-electron chi connectivity index (χ0n) is 12.9. The Morgan fingerprint density at radius 3 is 2.95 bits per heavy atom. The fourth-order valence-electron chi connectivity index (χ4n) is 2.80. The molecule has 0 aliphatic carbocycles. The van der Waals surface area contributed by atoms with E-state index >= 15 is 0 Å². The van der Waals surface area contributed by atoms with E-state index in [0.29, 0.717) is 19.1 Å². The Kier molecular flexibility index (Phi) is 6.70. The molecule has 1 fully saturated rings. The fourth-order valence-corrected chi connectivity index (χ4v) is 2.80. The second-order valence-corrected chi connectivity index (χ2v) is 5.69. The number of hydrogen-bond donors (Lipinski definition) is 1. The third-order valence-corrected chi connectivity index (χ3v) is 3.96. The normalized spacial score (nSPS) is 19.4. The highest BCUT2D eigenvalue weighted by atomic mass is 16.5. The molecule has 0 aromatic heterocycles. The SMILES string of the molecule is COCCC(=O)NC1CCCN(CCc2ccccc2)C1. The summed E-state index contributed by atoms with van der Waals surface area (Å²) in [5.74, 6) is 0.103. The molecule has 4 nitrogen and oxygen atoms in total. The highest BCUT2D eigenvalue weighted by molar-refractivity contribution is 5.76. The molecule has 4 heteroatoms. The average molecular weight is 290 g/mol. The quantitative estimate of drug-likeness (QED) is 0.833. The summed E-state index contributed by atoms with van der Waals surface area (Å²) < 4.78 is 4.94. The van der Waals surface area contributed by atoms with Crippen LogP contribution in [0.5, 0.6) is 0 Å². The van der Waals surface area contributed by atoms with Gasteiger partial charge in [-0.05, 0) is 31.4 Å². The van der Waals surface area contributed by atoms with Crippen LogP contribution in [0.1, 0.15) is 24.8 Å². The number of amides is 1. The second-order valence-electron chi connectivity index (χ2n) is 5.69. The smallest absolute Gasteiger partial charge is 0.222 e. The lowest BCUT2D eigenvalue weighted by Gasteiger charge is -2.33.